The van der Waals surface area contributed by atoms with Gasteiger partial charge >= 0.3 is 14.2 Å². The fourth-order valence-corrected chi connectivity index (χ4v) is 5.96. The quantitative estimate of drug-likeness (QED) is 0.381. The molecule has 202 valence electrons. The summed E-state index contributed by atoms with van der Waals surface area (Å²) in [5.41, 5.74) is 7.78. The van der Waals surface area contributed by atoms with Crippen LogP contribution in [0.1, 0.15) is 80.4 Å². The molecule has 0 atom stereocenters. The van der Waals surface area contributed by atoms with E-state index in [1.54, 1.807) is 0 Å². The van der Waals surface area contributed by atoms with Crippen LogP contribution in [-0.2, 0) is 24.0 Å². The van der Waals surface area contributed by atoms with Crippen molar-refractivity contribution in [2.75, 3.05) is 0 Å². The lowest BCUT2D eigenvalue weighted by Gasteiger charge is -2.32. The van der Waals surface area contributed by atoms with Crippen LogP contribution in [-0.4, -0.2) is 36.6 Å². The van der Waals surface area contributed by atoms with E-state index in [2.05, 4.69) is 130 Å². The molecular formula is C33H40B2O4. The molecule has 3 aromatic carbocycles. The van der Waals surface area contributed by atoms with Crippen LogP contribution in [0.5, 0.6) is 0 Å². The third kappa shape index (κ3) is 4.06. The van der Waals surface area contributed by atoms with Crippen molar-refractivity contribution in [1.82, 2.24) is 0 Å². The average Bonchev–Trinajstić information content (AvgIpc) is 3.33. The van der Waals surface area contributed by atoms with Crippen molar-refractivity contribution in [1.29, 1.82) is 0 Å². The minimum Gasteiger partial charge on any atom is -0.399 e. The predicted molar refractivity (Wildman–Crippen MR) is 161 cm³/mol. The molecule has 0 bridgehead atoms. The van der Waals surface area contributed by atoms with Gasteiger partial charge in [0.05, 0.1) is 22.4 Å². The first-order chi connectivity index (χ1) is 18.0. The molecule has 0 N–H and O–H groups in total. The Morgan fingerprint density at radius 1 is 0.462 bits per heavy atom. The summed E-state index contributed by atoms with van der Waals surface area (Å²) in [6.07, 6.45) is 0. The van der Waals surface area contributed by atoms with Crippen molar-refractivity contribution in [2.24, 2.45) is 0 Å². The van der Waals surface area contributed by atoms with E-state index in [1.807, 2.05) is 0 Å². The lowest BCUT2D eigenvalue weighted by molar-refractivity contribution is 0.00578. The summed E-state index contributed by atoms with van der Waals surface area (Å²) in [6.45, 7) is 21.4. The average molecular weight is 522 g/mol. The number of fused-ring (bicyclic) bond motifs is 3. The van der Waals surface area contributed by atoms with E-state index in [0.717, 1.165) is 22.1 Å². The molecule has 2 heterocycles. The van der Waals surface area contributed by atoms with Crippen LogP contribution in [0.15, 0.2) is 60.7 Å². The zero-order chi connectivity index (χ0) is 28.2. The minimum absolute atomic E-state index is 0.0696. The Morgan fingerprint density at radius 3 is 1.44 bits per heavy atom. The summed E-state index contributed by atoms with van der Waals surface area (Å²) in [4.78, 5) is 0. The van der Waals surface area contributed by atoms with Crippen LogP contribution in [0.3, 0.4) is 0 Å². The van der Waals surface area contributed by atoms with Crippen molar-refractivity contribution in [2.45, 2.75) is 97.1 Å². The largest absolute Gasteiger partial charge is 0.494 e. The highest BCUT2D eigenvalue weighted by Crippen LogP contribution is 2.49. The van der Waals surface area contributed by atoms with Gasteiger partial charge in [-0.3, -0.25) is 0 Å². The molecule has 6 rings (SSSR count). The summed E-state index contributed by atoms with van der Waals surface area (Å²) in [7, 11) is -0.961. The summed E-state index contributed by atoms with van der Waals surface area (Å²) >= 11 is 0. The fraction of sp³-hybridized carbons (Fsp3) is 0.455. The Kier molecular flexibility index (Phi) is 5.73. The highest BCUT2D eigenvalue weighted by molar-refractivity contribution is 6.66. The van der Waals surface area contributed by atoms with Crippen molar-refractivity contribution in [3.8, 4) is 22.3 Å². The van der Waals surface area contributed by atoms with Gasteiger partial charge in [-0.2, -0.15) is 0 Å². The van der Waals surface area contributed by atoms with E-state index in [-0.39, 0.29) is 5.41 Å². The Morgan fingerprint density at radius 2 is 0.923 bits per heavy atom. The number of rotatable bonds is 3. The molecule has 0 amide bonds. The normalized spacial score (nSPS) is 23.1. The molecule has 2 aliphatic heterocycles. The predicted octanol–water partition coefficient (Wildman–Crippen LogP) is 6.26. The zero-order valence-electron chi connectivity index (χ0n) is 25.1. The molecule has 0 spiro atoms. The lowest BCUT2D eigenvalue weighted by Crippen LogP contribution is -2.41. The van der Waals surface area contributed by atoms with Gasteiger partial charge in [0.2, 0.25) is 0 Å². The van der Waals surface area contributed by atoms with E-state index in [1.165, 1.54) is 22.3 Å². The monoisotopic (exact) mass is 522 g/mol. The highest BCUT2D eigenvalue weighted by atomic mass is 16.7. The van der Waals surface area contributed by atoms with Gasteiger partial charge in [-0.1, -0.05) is 68.4 Å². The van der Waals surface area contributed by atoms with E-state index >= 15 is 0 Å². The first-order valence-electron chi connectivity index (χ1n) is 14.1. The lowest BCUT2D eigenvalue weighted by atomic mass is 9.70. The maximum atomic E-state index is 6.49. The molecule has 2 fully saturated rings. The van der Waals surface area contributed by atoms with Gasteiger partial charge < -0.3 is 18.6 Å². The summed E-state index contributed by atoms with van der Waals surface area (Å²) in [5, 5.41) is 0. The third-order valence-corrected chi connectivity index (χ3v) is 9.95. The Labute approximate surface area is 234 Å². The van der Waals surface area contributed by atoms with Crippen LogP contribution in [0, 0.1) is 0 Å². The maximum Gasteiger partial charge on any atom is 0.494 e. The first-order valence-corrected chi connectivity index (χ1v) is 14.1. The topological polar surface area (TPSA) is 36.9 Å². The number of hydrogen-bond donors (Lipinski definition) is 0. The second-order valence-corrected chi connectivity index (χ2v) is 14.0. The molecule has 39 heavy (non-hydrogen) atoms. The molecule has 1 aliphatic carbocycles. The minimum atomic E-state index is -0.480. The SMILES string of the molecule is CC1(C)c2ccccc2-c2ccc(-c3cc(B4OC(C)(C)C(C)(C)O4)cc(B4OC(C)(C)C(C)(C)O4)c3)cc21. The molecule has 3 aromatic rings. The van der Waals surface area contributed by atoms with E-state index in [0.29, 0.717) is 0 Å². The van der Waals surface area contributed by atoms with Gasteiger partial charge in [-0.05, 0) is 106 Å². The highest BCUT2D eigenvalue weighted by Gasteiger charge is 2.54. The van der Waals surface area contributed by atoms with Crippen LogP contribution in [0.2, 0.25) is 0 Å². The van der Waals surface area contributed by atoms with Gasteiger partial charge in [0.15, 0.2) is 0 Å². The van der Waals surface area contributed by atoms with Crippen molar-refractivity contribution in [3.63, 3.8) is 0 Å². The molecule has 0 radical (unpaired) electrons. The van der Waals surface area contributed by atoms with Gasteiger partial charge in [0.1, 0.15) is 0 Å². The van der Waals surface area contributed by atoms with Crippen LogP contribution >= 0.6 is 0 Å². The van der Waals surface area contributed by atoms with Gasteiger partial charge in [-0.25, -0.2) is 0 Å². The van der Waals surface area contributed by atoms with E-state index < -0.39 is 36.6 Å². The van der Waals surface area contributed by atoms with E-state index in [9.17, 15) is 0 Å². The molecule has 0 unspecified atom stereocenters. The van der Waals surface area contributed by atoms with Gasteiger partial charge in [0, 0.05) is 5.41 Å². The number of hydrogen-bond acceptors (Lipinski definition) is 4. The van der Waals surface area contributed by atoms with Gasteiger partial charge in [0.25, 0.3) is 0 Å². The Hall–Kier alpha value is -2.37. The zero-order valence-corrected chi connectivity index (χ0v) is 25.1. The maximum absolute atomic E-state index is 6.49. The summed E-state index contributed by atoms with van der Waals surface area (Å²) < 4.78 is 25.9. The fourth-order valence-electron chi connectivity index (χ4n) is 5.96. The Balaban J connectivity index is 1.47. The molecule has 0 aromatic heterocycles. The second kappa shape index (κ2) is 8.33. The number of benzene rings is 3. The van der Waals surface area contributed by atoms with Crippen molar-refractivity contribution < 1.29 is 18.6 Å². The molecule has 2 saturated heterocycles. The van der Waals surface area contributed by atoms with Crippen molar-refractivity contribution >= 4 is 25.2 Å². The van der Waals surface area contributed by atoms with Crippen LogP contribution in [0.25, 0.3) is 22.3 Å². The van der Waals surface area contributed by atoms with Crippen LogP contribution in [0.4, 0.5) is 0 Å². The molecule has 6 heteroatoms. The van der Waals surface area contributed by atoms with Gasteiger partial charge in [-0.15, -0.1) is 0 Å². The second-order valence-electron chi connectivity index (χ2n) is 14.0. The van der Waals surface area contributed by atoms with Crippen molar-refractivity contribution in [3.05, 3.63) is 71.8 Å². The molecule has 3 aliphatic rings. The summed E-state index contributed by atoms with van der Waals surface area (Å²) in [5.74, 6) is 0. The summed E-state index contributed by atoms with van der Waals surface area (Å²) in [6, 6.07) is 22.1. The molecule has 0 saturated carbocycles. The smallest absolute Gasteiger partial charge is 0.399 e. The standard InChI is InChI=1S/C33H40B2O4/c1-29(2)27-14-12-11-13-25(27)26-16-15-21(19-28(26)29)22-17-23(34-36-30(3,4)31(5,6)37-34)20-24(18-22)35-38-32(7,8)33(9,10)39-35/h11-20H,1-10H3. The van der Waals surface area contributed by atoms with E-state index in [4.69, 9.17) is 18.6 Å². The molecular weight excluding hydrogens is 482 g/mol. The molecule has 4 nitrogen and oxygen atoms in total. The van der Waals surface area contributed by atoms with Crippen LogP contribution < -0.4 is 10.9 Å². The third-order valence-electron chi connectivity index (χ3n) is 9.95. The Bertz CT molecular complexity index is 1380. The first kappa shape index (κ1) is 26.8.